The minimum Gasteiger partial charge on any atom is -0.508 e. The number of benzene rings is 2. The van der Waals surface area contributed by atoms with Crippen molar-refractivity contribution in [3.05, 3.63) is 64.7 Å². The van der Waals surface area contributed by atoms with Crippen molar-refractivity contribution in [3.63, 3.8) is 0 Å². The lowest BCUT2D eigenvalue weighted by atomic mass is 9.87. The molecule has 3 heteroatoms. The lowest BCUT2D eigenvalue weighted by Crippen LogP contribution is -2.35. The minimum atomic E-state index is -0.0936. The van der Waals surface area contributed by atoms with Crippen LogP contribution in [0.3, 0.4) is 0 Å². The summed E-state index contributed by atoms with van der Waals surface area (Å²) >= 11 is 0. The van der Waals surface area contributed by atoms with Gasteiger partial charge in [-0.1, -0.05) is 44.2 Å². The van der Waals surface area contributed by atoms with Crippen molar-refractivity contribution in [3.8, 4) is 5.75 Å². The molecule has 0 unspecified atom stereocenters. The van der Waals surface area contributed by atoms with Gasteiger partial charge in [0.1, 0.15) is 5.75 Å². The normalized spacial score (nSPS) is 17.6. The summed E-state index contributed by atoms with van der Waals surface area (Å²) in [5.41, 5.74) is 4.89. The second-order valence-electron chi connectivity index (χ2n) is 7.06. The molecule has 1 amide bonds. The van der Waals surface area contributed by atoms with Gasteiger partial charge in [0.05, 0.1) is 6.04 Å². The molecule has 0 fully saturated rings. The van der Waals surface area contributed by atoms with Gasteiger partial charge in [0, 0.05) is 5.92 Å². The van der Waals surface area contributed by atoms with Crippen LogP contribution < -0.4 is 5.32 Å². The largest absolute Gasteiger partial charge is 0.508 e. The highest BCUT2D eigenvalue weighted by atomic mass is 16.3. The van der Waals surface area contributed by atoms with Crippen LogP contribution in [0.15, 0.2) is 42.5 Å². The molecule has 0 saturated carbocycles. The maximum atomic E-state index is 12.7. The SMILES string of the molecule is CCc1cc(O)ccc1C[C@H](C)C(=O)N[C@@H]1CCCc2ccccc21. The summed E-state index contributed by atoms with van der Waals surface area (Å²) in [5.74, 6) is 0.303. The molecule has 1 aliphatic carbocycles. The molecule has 1 aliphatic rings. The van der Waals surface area contributed by atoms with E-state index in [0.29, 0.717) is 6.42 Å². The Labute approximate surface area is 150 Å². The summed E-state index contributed by atoms with van der Waals surface area (Å²) in [6.07, 6.45) is 4.78. The zero-order valence-electron chi connectivity index (χ0n) is 15.1. The molecular formula is C22H27NO2. The zero-order chi connectivity index (χ0) is 17.8. The quantitative estimate of drug-likeness (QED) is 0.853. The average molecular weight is 337 g/mol. The Hall–Kier alpha value is -2.29. The smallest absolute Gasteiger partial charge is 0.223 e. The van der Waals surface area contributed by atoms with Crippen molar-refractivity contribution < 1.29 is 9.90 Å². The number of rotatable bonds is 5. The van der Waals surface area contributed by atoms with Gasteiger partial charge in [-0.3, -0.25) is 4.79 Å². The molecular weight excluding hydrogens is 310 g/mol. The van der Waals surface area contributed by atoms with Gasteiger partial charge in [0.15, 0.2) is 0 Å². The first-order valence-corrected chi connectivity index (χ1v) is 9.27. The minimum absolute atomic E-state index is 0.0936. The highest BCUT2D eigenvalue weighted by molar-refractivity contribution is 5.79. The number of phenolic OH excluding ortho intramolecular Hbond substituents is 1. The number of carbonyl (C=O) groups is 1. The van der Waals surface area contributed by atoms with Gasteiger partial charge in [-0.2, -0.15) is 0 Å². The third-order valence-electron chi connectivity index (χ3n) is 5.23. The first-order chi connectivity index (χ1) is 12.1. The van der Waals surface area contributed by atoms with E-state index >= 15 is 0 Å². The lowest BCUT2D eigenvalue weighted by Gasteiger charge is -2.27. The number of aryl methyl sites for hydroxylation is 2. The molecule has 2 aromatic rings. The van der Waals surface area contributed by atoms with Crippen LogP contribution in [-0.2, 0) is 24.1 Å². The lowest BCUT2D eigenvalue weighted by molar-refractivity contribution is -0.125. The van der Waals surface area contributed by atoms with Crippen LogP contribution in [0.5, 0.6) is 5.75 Å². The molecule has 0 aliphatic heterocycles. The summed E-state index contributed by atoms with van der Waals surface area (Å²) < 4.78 is 0. The second-order valence-corrected chi connectivity index (χ2v) is 7.06. The predicted octanol–water partition coefficient (Wildman–Crippen LogP) is 4.33. The number of phenols is 1. The summed E-state index contributed by atoms with van der Waals surface area (Å²) in [5, 5.41) is 12.9. The van der Waals surface area contributed by atoms with Crippen LogP contribution in [-0.4, -0.2) is 11.0 Å². The molecule has 0 radical (unpaired) electrons. The Kier molecular flexibility index (Phi) is 5.42. The second kappa shape index (κ2) is 7.73. The fourth-order valence-corrected chi connectivity index (χ4v) is 3.78. The molecule has 2 atom stereocenters. The van der Waals surface area contributed by atoms with Crippen molar-refractivity contribution >= 4 is 5.91 Å². The van der Waals surface area contributed by atoms with Crippen LogP contribution >= 0.6 is 0 Å². The summed E-state index contributed by atoms with van der Waals surface area (Å²) in [4.78, 5) is 12.7. The number of nitrogens with one attached hydrogen (secondary N) is 1. The standard InChI is InChI=1S/C22H27NO2/c1-3-16-14-19(24)12-11-18(16)13-15(2)22(25)23-21-10-6-8-17-7-4-5-9-20(17)21/h4-5,7,9,11-12,14-15,21,24H,3,6,8,10,13H2,1-2H3,(H,23,25)/t15-,21+/m0/s1. The Morgan fingerprint density at radius 2 is 2.04 bits per heavy atom. The van der Waals surface area contributed by atoms with Crippen molar-refractivity contribution in [1.82, 2.24) is 5.32 Å². The molecule has 0 saturated heterocycles. The number of aromatic hydroxyl groups is 1. The van der Waals surface area contributed by atoms with E-state index in [4.69, 9.17) is 0 Å². The van der Waals surface area contributed by atoms with Gasteiger partial charge in [-0.15, -0.1) is 0 Å². The predicted molar refractivity (Wildman–Crippen MR) is 101 cm³/mol. The summed E-state index contributed by atoms with van der Waals surface area (Å²) in [7, 11) is 0. The number of hydrogen-bond donors (Lipinski definition) is 2. The molecule has 0 bridgehead atoms. The van der Waals surface area contributed by atoms with Gasteiger partial charge in [-0.25, -0.2) is 0 Å². The van der Waals surface area contributed by atoms with E-state index in [-0.39, 0.29) is 23.6 Å². The topological polar surface area (TPSA) is 49.3 Å². The van der Waals surface area contributed by atoms with E-state index in [1.165, 1.54) is 11.1 Å². The van der Waals surface area contributed by atoms with E-state index in [1.807, 2.05) is 13.0 Å². The maximum absolute atomic E-state index is 12.7. The van der Waals surface area contributed by atoms with E-state index in [9.17, 15) is 9.90 Å². The highest BCUT2D eigenvalue weighted by Crippen LogP contribution is 2.30. The van der Waals surface area contributed by atoms with Gasteiger partial charge in [0.2, 0.25) is 5.91 Å². The molecule has 132 valence electrons. The molecule has 0 heterocycles. The Balaban J connectivity index is 1.68. The van der Waals surface area contributed by atoms with Gasteiger partial charge >= 0.3 is 0 Å². The summed E-state index contributed by atoms with van der Waals surface area (Å²) in [6, 6.07) is 14.0. The van der Waals surface area contributed by atoms with E-state index < -0.39 is 0 Å². The van der Waals surface area contributed by atoms with E-state index in [1.54, 1.807) is 12.1 Å². The molecule has 0 spiro atoms. The maximum Gasteiger partial charge on any atom is 0.223 e. The van der Waals surface area contributed by atoms with Crippen molar-refractivity contribution in [2.45, 2.75) is 52.0 Å². The molecule has 2 N–H and O–H groups in total. The Morgan fingerprint density at radius 1 is 1.24 bits per heavy atom. The number of carbonyl (C=O) groups excluding carboxylic acids is 1. The van der Waals surface area contributed by atoms with E-state index in [2.05, 4.69) is 36.5 Å². The van der Waals surface area contributed by atoms with Crippen LogP contribution in [0.4, 0.5) is 0 Å². The zero-order valence-corrected chi connectivity index (χ0v) is 15.1. The fraction of sp³-hybridized carbons (Fsp3) is 0.409. The number of hydrogen-bond acceptors (Lipinski definition) is 2. The monoisotopic (exact) mass is 337 g/mol. The highest BCUT2D eigenvalue weighted by Gasteiger charge is 2.24. The van der Waals surface area contributed by atoms with Crippen LogP contribution in [0.2, 0.25) is 0 Å². The third kappa shape index (κ3) is 4.04. The molecule has 2 aromatic carbocycles. The average Bonchev–Trinajstić information content (AvgIpc) is 2.63. The van der Waals surface area contributed by atoms with Gasteiger partial charge in [0.25, 0.3) is 0 Å². The van der Waals surface area contributed by atoms with Crippen LogP contribution in [0, 0.1) is 5.92 Å². The van der Waals surface area contributed by atoms with Gasteiger partial charge < -0.3 is 10.4 Å². The van der Waals surface area contributed by atoms with Crippen LogP contribution in [0.25, 0.3) is 0 Å². The molecule has 3 nitrogen and oxygen atoms in total. The molecule has 25 heavy (non-hydrogen) atoms. The molecule has 0 aromatic heterocycles. The molecule has 3 rings (SSSR count). The number of fused-ring (bicyclic) bond motifs is 1. The Morgan fingerprint density at radius 3 is 2.84 bits per heavy atom. The summed E-state index contributed by atoms with van der Waals surface area (Å²) in [6.45, 7) is 4.05. The fourth-order valence-electron chi connectivity index (χ4n) is 3.78. The van der Waals surface area contributed by atoms with E-state index in [0.717, 1.165) is 36.8 Å². The number of amides is 1. The third-order valence-corrected chi connectivity index (χ3v) is 5.23. The first-order valence-electron chi connectivity index (χ1n) is 9.27. The van der Waals surface area contributed by atoms with Crippen molar-refractivity contribution in [2.75, 3.05) is 0 Å². The van der Waals surface area contributed by atoms with Gasteiger partial charge in [-0.05, 0) is 66.5 Å². The van der Waals surface area contributed by atoms with Crippen molar-refractivity contribution in [1.29, 1.82) is 0 Å². The van der Waals surface area contributed by atoms with Crippen molar-refractivity contribution in [2.24, 2.45) is 5.92 Å². The Bertz CT molecular complexity index is 753. The first kappa shape index (κ1) is 17.5. The van der Waals surface area contributed by atoms with Crippen LogP contribution in [0.1, 0.15) is 55.0 Å².